The number of hydrogen-bond donors (Lipinski definition) is 1. The standard InChI is InChI=1S/C29H39N7O/c1-3-5-7-8-9-13-21-36-29(37)35(27(32-36)16-10-6-4-2)22-23-17-19-24(20-18-23)25-14-11-12-15-26(25)28-30-33-34-31-28/h11-12,14-15,17-20H,3-10,13,16,21-22H2,1-2H3,(H,30,31,33,34). The van der Waals surface area contributed by atoms with Crippen LogP contribution in [0.2, 0.25) is 0 Å². The minimum Gasteiger partial charge on any atom is -0.274 e. The summed E-state index contributed by atoms with van der Waals surface area (Å²) in [6.45, 7) is 5.66. The van der Waals surface area contributed by atoms with E-state index in [1.165, 1.54) is 25.7 Å². The molecule has 0 atom stereocenters. The van der Waals surface area contributed by atoms with E-state index in [4.69, 9.17) is 5.10 Å². The van der Waals surface area contributed by atoms with E-state index in [-0.39, 0.29) is 5.69 Å². The lowest BCUT2D eigenvalue weighted by Crippen LogP contribution is -2.26. The van der Waals surface area contributed by atoms with E-state index >= 15 is 0 Å². The Bertz CT molecular complexity index is 1270. The Balaban J connectivity index is 1.50. The van der Waals surface area contributed by atoms with Crippen molar-refractivity contribution in [1.82, 2.24) is 35.0 Å². The van der Waals surface area contributed by atoms with Crippen LogP contribution in [0.1, 0.15) is 83.0 Å². The second-order valence-corrected chi connectivity index (χ2v) is 9.73. The molecule has 1 N–H and O–H groups in total. The molecule has 2 aromatic heterocycles. The summed E-state index contributed by atoms with van der Waals surface area (Å²) < 4.78 is 3.56. The third kappa shape index (κ3) is 7.02. The van der Waals surface area contributed by atoms with Crippen LogP contribution >= 0.6 is 0 Å². The summed E-state index contributed by atoms with van der Waals surface area (Å²) in [5.74, 6) is 1.54. The van der Waals surface area contributed by atoms with Gasteiger partial charge in [0.2, 0.25) is 0 Å². The van der Waals surface area contributed by atoms with Crippen molar-refractivity contribution in [2.45, 2.75) is 91.1 Å². The molecular formula is C29H39N7O. The molecule has 0 aliphatic carbocycles. The van der Waals surface area contributed by atoms with Crippen molar-refractivity contribution in [3.05, 3.63) is 70.4 Å². The molecule has 0 fully saturated rings. The average molecular weight is 502 g/mol. The van der Waals surface area contributed by atoms with Crippen molar-refractivity contribution in [3.63, 3.8) is 0 Å². The third-order valence-corrected chi connectivity index (χ3v) is 6.86. The molecule has 4 aromatic rings. The molecule has 0 radical (unpaired) electrons. The molecule has 0 aliphatic heterocycles. The smallest absolute Gasteiger partial charge is 0.274 e. The highest BCUT2D eigenvalue weighted by Crippen LogP contribution is 2.29. The topological polar surface area (TPSA) is 94.3 Å². The largest absolute Gasteiger partial charge is 0.346 e. The number of nitrogens with zero attached hydrogens (tertiary/aromatic N) is 6. The van der Waals surface area contributed by atoms with Crippen LogP contribution in [0.25, 0.3) is 22.5 Å². The van der Waals surface area contributed by atoms with Crippen molar-refractivity contribution < 1.29 is 0 Å². The Labute approximate surface area is 219 Å². The predicted molar refractivity (Wildman–Crippen MR) is 147 cm³/mol. The van der Waals surface area contributed by atoms with Crippen LogP contribution in [0.15, 0.2) is 53.3 Å². The van der Waals surface area contributed by atoms with Gasteiger partial charge in [-0.25, -0.2) is 14.6 Å². The molecule has 0 spiro atoms. The summed E-state index contributed by atoms with van der Waals surface area (Å²) >= 11 is 0. The number of aromatic amines is 1. The lowest BCUT2D eigenvalue weighted by molar-refractivity contribution is 0.510. The van der Waals surface area contributed by atoms with Gasteiger partial charge in [0.25, 0.3) is 0 Å². The first kappa shape index (κ1) is 26.5. The summed E-state index contributed by atoms with van der Waals surface area (Å²) in [4.78, 5) is 13.3. The number of aryl methyl sites for hydroxylation is 2. The fraction of sp³-hybridized carbons (Fsp3) is 0.483. The lowest BCUT2D eigenvalue weighted by atomic mass is 9.98. The van der Waals surface area contributed by atoms with Crippen LogP contribution in [-0.2, 0) is 19.5 Å². The van der Waals surface area contributed by atoms with Gasteiger partial charge in [0, 0.05) is 18.5 Å². The van der Waals surface area contributed by atoms with Crippen LogP contribution in [0, 0.1) is 0 Å². The van der Waals surface area contributed by atoms with Crippen LogP contribution in [0.5, 0.6) is 0 Å². The molecular weight excluding hydrogens is 462 g/mol. The fourth-order valence-electron chi connectivity index (χ4n) is 4.74. The summed E-state index contributed by atoms with van der Waals surface area (Å²) in [5.41, 5.74) is 4.17. The summed E-state index contributed by atoms with van der Waals surface area (Å²) in [7, 11) is 0. The Morgan fingerprint density at radius 1 is 0.811 bits per heavy atom. The van der Waals surface area contributed by atoms with E-state index in [0.29, 0.717) is 18.9 Å². The molecule has 0 amide bonds. The normalized spacial score (nSPS) is 11.3. The van der Waals surface area contributed by atoms with Crippen LogP contribution < -0.4 is 5.69 Å². The Morgan fingerprint density at radius 3 is 2.24 bits per heavy atom. The molecule has 0 saturated heterocycles. The Kier molecular flexibility index (Phi) is 9.80. The van der Waals surface area contributed by atoms with Crippen molar-refractivity contribution in [2.75, 3.05) is 0 Å². The molecule has 0 bridgehead atoms. The van der Waals surface area contributed by atoms with Gasteiger partial charge in [-0.3, -0.25) is 4.57 Å². The highest BCUT2D eigenvalue weighted by molar-refractivity contribution is 5.80. The van der Waals surface area contributed by atoms with E-state index in [9.17, 15) is 4.79 Å². The summed E-state index contributed by atoms with van der Waals surface area (Å²) in [5, 5.41) is 19.1. The molecule has 0 saturated carbocycles. The van der Waals surface area contributed by atoms with Gasteiger partial charge in [-0.05, 0) is 40.0 Å². The number of aromatic nitrogens is 7. The monoisotopic (exact) mass is 501 g/mol. The molecule has 8 nitrogen and oxygen atoms in total. The maximum absolute atomic E-state index is 13.3. The maximum Gasteiger partial charge on any atom is 0.346 e. The molecule has 196 valence electrons. The lowest BCUT2D eigenvalue weighted by Gasteiger charge is -2.09. The zero-order valence-electron chi connectivity index (χ0n) is 22.2. The van der Waals surface area contributed by atoms with Crippen molar-refractivity contribution in [2.24, 2.45) is 0 Å². The minimum atomic E-state index is 0.00676. The van der Waals surface area contributed by atoms with Crippen molar-refractivity contribution in [3.8, 4) is 22.5 Å². The van der Waals surface area contributed by atoms with Gasteiger partial charge in [-0.2, -0.15) is 5.10 Å². The number of benzene rings is 2. The number of nitrogens with one attached hydrogen (secondary N) is 1. The molecule has 2 aromatic carbocycles. The molecule has 37 heavy (non-hydrogen) atoms. The second-order valence-electron chi connectivity index (χ2n) is 9.73. The fourth-order valence-corrected chi connectivity index (χ4v) is 4.74. The Morgan fingerprint density at radius 2 is 1.51 bits per heavy atom. The van der Waals surface area contributed by atoms with Gasteiger partial charge in [0.05, 0.1) is 6.54 Å². The third-order valence-electron chi connectivity index (χ3n) is 6.86. The molecule has 2 heterocycles. The van der Waals surface area contributed by atoms with E-state index in [0.717, 1.165) is 66.6 Å². The molecule has 0 unspecified atom stereocenters. The average Bonchev–Trinajstić information content (AvgIpc) is 3.56. The highest BCUT2D eigenvalue weighted by Gasteiger charge is 2.14. The minimum absolute atomic E-state index is 0.00676. The van der Waals surface area contributed by atoms with Gasteiger partial charge >= 0.3 is 5.69 Å². The number of unbranched alkanes of at least 4 members (excludes halogenated alkanes) is 7. The molecule has 8 heteroatoms. The van der Waals surface area contributed by atoms with E-state index in [1.807, 2.05) is 22.8 Å². The van der Waals surface area contributed by atoms with Gasteiger partial charge in [-0.15, -0.1) is 5.10 Å². The SMILES string of the molecule is CCCCCCCCn1nc(CCCCC)n(Cc2ccc(-c3ccccc3-c3nnn[nH]3)cc2)c1=O. The molecule has 0 aliphatic rings. The van der Waals surface area contributed by atoms with E-state index in [1.54, 1.807) is 4.68 Å². The first-order valence-corrected chi connectivity index (χ1v) is 13.8. The van der Waals surface area contributed by atoms with Crippen molar-refractivity contribution >= 4 is 0 Å². The van der Waals surface area contributed by atoms with Crippen LogP contribution in [0.3, 0.4) is 0 Å². The Hall–Kier alpha value is -3.55. The maximum atomic E-state index is 13.3. The highest BCUT2D eigenvalue weighted by atomic mass is 16.2. The summed E-state index contributed by atoms with van der Waals surface area (Å²) in [6, 6.07) is 16.4. The summed E-state index contributed by atoms with van der Waals surface area (Å²) in [6.07, 6.45) is 11.4. The first-order valence-electron chi connectivity index (χ1n) is 13.8. The predicted octanol–water partition coefficient (Wildman–Crippen LogP) is 6.03. The zero-order chi connectivity index (χ0) is 25.9. The first-order chi connectivity index (χ1) is 18.2. The van der Waals surface area contributed by atoms with Crippen molar-refractivity contribution in [1.29, 1.82) is 0 Å². The van der Waals surface area contributed by atoms with Crippen LogP contribution in [-0.4, -0.2) is 35.0 Å². The molecule has 4 rings (SSSR count). The van der Waals surface area contributed by atoms with Gasteiger partial charge in [0.15, 0.2) is 5.82 Å². The van der Waals surface area contributed by atoms with Crippen LogP contribution in [0.4, 0.5) is 0 Å². The number of hydrogen-bond acceptors (Lipinski definition) is 5. The number of H-pyrrole nitrogens is 1. The van der Waals surface area contributed by atoms with Gasteiger partial charge in [-0.1, -0.05) is 107 Å². The number of rotatable bonds is 15. The van der Waals surface area contributed by atoms with E-state index < -0.39 is 0 Å². The second kappa shape index (κ2) is 13.7. The van der Waals surface area contributed by atoms with Gasteiger partial charge in [0.1, 0.15) is 5.82 Å². The zero-order valence-corrected chi connectivity index (χ0v) is 22.2. The van der Waals surface area contributed by atoms with Gasteiger partial charge < -0.3 is 0 Å². The van der Waals surface area contributed by atoms with E-state index in [2.05, 4.69) is 64.8 Å². The number of tetrazole rings is 1. The quantitative estimate of drug-likeness (QED) is 0.201.